The van der Waals surface area contributed by atoms with Crippen molar-refractivity contribution in [2.24, 2.45) is 0 Å². The molecule has 2 atom stereocenters. The summed E-state index contributed by atoms with van der Waals surface area (Å²) < 4.78 is 5.23. The van der Waals surface area contributed by atoms with Crippen molar-refractivity contribution in [1.82, 2.24) is 10.6 Å². The van der Waals surface area contributed by atoms with E-state index in [1.807, 2.05) is 48.5 Å². The van der Waals surface area contributed by atoms with Gasteiger partial charge in [0.05, 0.1) is 5.69 Å². The summed E-state index contributed by atoms with van der Waals surface area (Å²) in [7, 11) is 1.67. The Labute approximate surface area is 202 Å². The summed E-state index contributed by atoms with van der Waals surface area (Å²) in [6.45, 7) is 1.61. The first-order valence-electron chi connectivity index (χ1n) is 10.8. The van der Waals surface area contributed by atoms with Crippen molar-refractivity contribution < 1.29 is 19.1 Å². The van der Waals surface area contributed by atoms with Gasteiger partial charge in [-0.05, 0) is 35.7 Å². The Kier molecular flexibility index (Phi) is 6.84. The SMILES string of the molecule is C[C@H](OC(=O)NCc1ccccc1Cl)C(=O)NC1C(=O)N(C)c2ccccc2-c2ccccc21. The van der Waals surface area contributed by atoms with Gasteiger partial charge in [-0.25, -0.2) is 4.79 Å². The molecule has 0 saturated heterocycles. The summed E-state index contributed by atoms with van der Waals surface area (Å²) in [5, 5.41) is 5.86. The summed E-state index contributed by atoms with van der Waals surface area (Å²) in [5.74, 6) is -0.874. The highest BCUT2D eigenvalue weighted by Crippen LogP contribution is 2.39. The maximum atomic E-state index is 13.3. The number of carbonyl (C=O) groups excluding carboxylic acids is 3. The Morgan fingerprint density at radius 1 is 1.00 bits per heavy atom. The minimum Gasteiger partial charge on any atom is -0.436 e. The molecule has 3 amide bonds. The molecule has 0 spiro atoms. The summed E-state index contributed by atoms with van der Waals surface area (Å²) in [4.78, 5) is 40.0. The van der Waals surface area contributed by atoms with Crippen LogP contribution in [0.2, 0.25) is 5.02 Å². The second-order valence-corrected chi connectivity index (χ2v) is 8.34. The van der Waals surface area contributed by atoms with Crippen LogP contribution < -0.4 is 15.5 Å². The highest BCUT2D eigenvalue weighted by Gasteiger charge is 2.34. The number of hydrogen-bond acceptors (Lipinski definition) is 4. The average Bonchev–Trinajstić information content (AvgIpc) is 2.93. The fourth-order valence-corrected chi connectivity index (χ4v) is 4.10. The van der Waals surface area contributed by atoms with Crippen molar-refractivity contribution in [2.45, 2.75) is 25.6 Å². The third-order valence-electron chi connectivity index (χ3n) is 5.73. The zero-order valence-electron chi connectivity index (χ0n) is 18.7. The predicted octanol–water partition coefficient (Wildman–Crippen LogP) is 4.46. The van der Waals surface area contributed by atoms with Gasteiger partial charge in [-0.2, -0.15) is 0 Å². The zero-order valence-corrected chi connectivity index (χ0v) is 19.5. The molecule has 2 N–H and O–H groups in total. The van der Waals surface area contributed by atoms with Crippen molar-refractivity contribution in [3.05, 3.63) is 88.9 Å². The van der Waals surface area contributed by atoms with Gasteiger partial charge in [-0.1, -0.05) is 72.3 Å². The van der Waals surface area contributed by atoms with Gasteiger partial charge < -0.3 is 20.3 Å². The van der Waals surface area contributed by atoms with E-state index in [2.05, 4.69) is 10.6 Å². The van der Waals surface area contributed by atoms with Crippen molar-refractivity contribution in [3.8, 4) is 11.1 Å². The van der Waals surface area contributed by atoms with Gasteiger partial charge in [-0.15, -0.1) is 0 Å². The first-order chi connectivity index (χ1) is 16.4. The Morgan fingerprint density at radius 2 is 1.65 bits per heavy atom. The Hall–Kier alpha value is -3.84. The fourth-order valence-electron chi connectivity index (χ4n) is 3.90. The number of para-hydroxylation sites is 1. The predicted molar refractivity (Wildman–Crippen MR) is 130 cm³/mol. The number of rotatable bonds is 5. The number of amides is 3. The van der Waals surface area contributed by atoms with E-state index >= 15 is 0 Å². The monoisotopic (exact) mass is 477 g/mol. The van der Waals surface area contributed by atoms with Gasteiger partial charge in [0.1, 0.15) is 6.04 Å². The lowest BCUT2D eigenvalue weighted by molar-refractivity contribution is -0.132. The van der Waals surface area contributed by atoms with Crippen LogP contribution in [-0.4, -0.2) is 31.1 Å². The molecule has 0 saturated carbocycles. The van der Waals surface area contributed by atoms with Gasteiger partial charge in [-0.3, -0.25) is 9.59 Å². The van der Waals surface area contributed by atoms with Crippen molar-refractivity contribution in [3.63, 3.8) is 0 Å². The molecule has 1 aliphatic rings. The zero-order chi connectivity index (χ0) is 24.2. The standard InChI is InChI=1S/C26H24ClN3O4/c1-16(34-26(33)28-15-17-9-3-7-13-21(17)27)24(31)29-23-20-12-5-4-10-18(20)19-11-6-8-14-22(19)30(2)25(23)32/h3-14,16,23H,15H2,1-2H3,(H,28,33)(H,29,31)/t16-,23?/m0/s1. The number of benzene rings is 3. The van der Waals surface area contributed by atoms with Gasteiger partial charge in [0.2, 0.25) is 0 Å². The molecule has 0 radical (unpaired) electrons. The number of nitrogens with one attached hydrogen (secondary N) is 2. The van der Waals surface area contributed by atoms with E-state index in [0.29, 0.717) is 10.6 Å². The molecule has 3 aromatic carbocycles. The van der Waals surface area contributed by atoms with E-state index in [9.17, 15) is 14.4 Å². The molecule has 3 aromatic rings. The Morgan fingerprint density at radius 3 is 2.41 bits per heavy atom. The number of ether oxygens (including phenoxy) is 1. The summed E-state index contributed by atoms with van der Waals surface area (Å²) in [5.41, 5.74) is 3.90. The van der Waals surface area contributed by atoms with Gasteiger partial charge in [0, 0.05) is 24.2 Å². The molecule has 0 bridgehead atoms. The van der Waals surface area contributed by atoms with E-state index in [0.717, 1.165) is 22.4 Å². The van der Waals surface area contributed by atoms with Gasteiger partial charge in [0.25, 0.3) is 11.8 Å². The van der Waals surface area contributed by atoms with Crippen LogP contribution in [0, 0.1) is 0 Å². The van der Waals surface area contributed by atoms with Crippen LogP contribution in [0.3, 0.4) is 0 Å². The molecule has 8 heteroatoms. The molecule has 34 heavy (non-hydrogen) atoms. The highest BCUT2D eigenvalue weighted by molar-refractivity contribution is 6.31. The second-order valence-electron chi connectivity index (χ2n) is 7.94. The van der Waals surface area contributed by atoms with Crippen LogP contribution in [0.25, 0.3) is 11.1 Å². The minimum atomic E-state index is -1.12. The van der Waals surface area contributed by atoms with Crippen LogP contribution in [0.1, 0.15) is 24.1 Å². The maximum Gasteiger partial charge on any atom is 0.408 e. The maximum absolute atomic E-state index is 13.3. The third kappa shape index (κ3) is 4.75. The number of anilines is 1. The summed E-state index contributed by atoms with van der Waals surface area (Å²) >= 11 is 6.09. The van der Waals surface area contributed by atoms with E-state index in [1.165, 1.54) is 11.8 Å². The van der Waals surface area contributed by atoms with Crippen LogP contribution in [0.5, 0.6) is 0 Å². The van der Waals surface area contributed by atoms with E-state index in [-0.39, 0.29) is 12.5 Å². The normalized spacial score (nSPS) is 15.4. The summed E-state index contributed by atoms with van der Waals surface area (Å²) in [6.07, 6.45) is -1.89. The number of nitrogens with zero attached hydrogens (tertiary/aromatic N) is 1. The molecule has 0 fully saturated rings. The molecule has 4 rings (SSSR count). The lowest BCUT2D eigenvalue weighted by Gasteiger charge is -2.24. The van der Waals surface area contributed by atoms with E-state index < -0.39 is 24.1 Å². The van der Waals surface area contributed by atoms with Crippen molar-refractivity contribution in [2.75, 3.05) is 11.9 Å². The molecule has 1 unspecified atom stereocenters. The van der Waals surface area contributed by atoms with Crippen molar-refractivity contribution >= 4 is 35.2 Å². The first-order valence-corrected chi connectivity index (χ1v) is 11.2. The van der Waals surface area contributed by atoms with E-state index in [4.69, 9.17) is 16.3 Å². The smallest absolute Gasteiger partial charge is 0.408 e. The van der Waals surface area contributed by atoms with Crippen LogP contribution in [-0.2, 0) is 20.9 Å². The Bertz CT molecular complexity index is 1250. The number of alkyl carbamates (subject to hydrolysis) is 1. The lowest BCUT2D eigenvalue weighted by atomic mass is 9.95. The topological polar surface area (TPSA) is 87.7 Å². The molecular formula is C26H24ClN3O4. The summed E-state index contributed by atoms with van der Waals surface area (Å²) in [6, 6.07) is 21.2. The third-order valence-corrected chi connectivity index (χ3v) is 6.09. The molecule has 1 aliphatic heterocycles. The highest BCUT2D eigenvalue weighted by atomic mass is 35.5. The largest absolute Gasteiger partial charge is 0.436 e. The number of halogens is 1. The first kappa shape index (κ1) is 23.3. The minimum absolute atomic E-state index is 0.157. The molecule has 174 valence electrons. The fraction of sp³-hybridized carbons (Fsp3) is 0.192. The van der Waals surface area contributed by atoms with Gasteiger partial charge >= 0.3 is 6.09 Å². The van der Waals surface area contributed by atoms with Gasteiger partial charge in [0.15, 0.2) is 6.10 Å². The second kappa shape index (κ2) is 9.97. The number of likely N-dealkylation sites (N-methyl/N-ethyl adjacent to an activating group) is 1. The van der Waals surface area contributed by atoms with Crippen LogP contribution >= 0.6 is 11.6 Å². The lowest BCUT2D eigenvalue weighted by Crippen LogP contribution is -2.45. The quantitative estimate of drug-likeness (QED) is 0.568. The van der Waals surface area contributed by atoms with Crippen molar-refractivity contribution in [1.29, 1.82) is 0 Å². The molecule has 1 heterocycles. The number of hydrogen-bond donors (Lipinski definition) is 2. The Balaban J connectivity index is 1.47. The number of carbonyl (C=O) groups is 3. The van der Waals surface area contributed by atoms with E-state index in [1.54, 1.807) is 31.3 Å². The molecule has 0 aromatic heterocycles. The number of fused-ring (bicyclic) bond motifs is 3. The molecule has 7 nitrogen and oxygen atoms in total. The average molecular weight is 478 g/mol. The van der Waals surface area contributed by atoms with Crippen LogP contribution in [0.15, 0.2) is 72.8 Å². The molecular weight excluding hydrogens is 454 g/mol. The molecule has 0 aliphatic carbocycles. The van der Waals surface area contributed by atoms with Crippen LogP contribution in [0.4, 0.5) is 10.5 Å².